The number of carbonyl (C=O) groups is 1. The average Bonchev–Trinajstić information content (AvgIpc) is 2.59. The van der Waals surface area contributed by atoms with Crippen molar-refractivity contribution >= 4 is 17.3 Å². The fourth-order valence-electron chi connectivity index (χ4n) is 2.25. The molecule has 0 heterocycles. The normalized spacial score (nSPS) is 11.2. The van der Waals surface area contributed by atoms with Gasteiger partial charge in [-0.1, -0.05) is 30.3 Å². The van der Waals surface area contributed by atoms with Crippen molar-refractivity contribution in [1.29, 1.82) is 0 Å². The van der Waals surface area contributed by atoms with Gasteiger partial charge < -0.3 is 16.4 Å². The van der Waals surface area contributed by atoms with E-state index in [2.05, 4.69) is 10.6 Å². The Hall–Kier alpha value is -2.54. The summed E-state index contributed by atoms with van der Waals surface area (Å²) in [4.78, 5) is 11.9. The molecule has 0 unspecified atom stereocenters. The number of carbonyl (C=O) groups excluding carboxylic acids is 1. The molecule has 0 aromatic heterocycles. The zero-order valence-corrected chi connectivity index (χ0v) is 13.6. The lowest BCUT2D eigenvalue weighted by Crippen LogP contribution is -2.16. The molecule has 2 aromatic carbocycles. The van der Waals surface area contributed by atoms with E-state index in [9.17, 15) is 18.0 Å². The third-order valence-corrected chi connectivity index (χ3v) is 3.55. The van der Waals surface area contributed by atoms with Crippen LogP contribution in [0.3, 0.4) is 0 Å². The first-order valence-electron chi connectivity index (χ1n) is 7.89. The molecule has 4 N–H and O–H groups in total. The van der Waals surface area contributed by atoms with Gasteiger partial charge >= 0.3 is 6.18 Å². The number of halogens is 3. The first kappa shape index (κ1) is 18.8. The van der Waals surface area contributed by atoms with Crippen molar-refractivity contribution in [3.8, 4) is 0 Å². The molecule has 0 aliphatic heterocycles. The molecule has 0 saturated carbocycles. The summed E-state index contributed by atoms with van der Waals surface area (Å²) < 4.78 is 38.8. The SMILES string of the molecule is NCCCC(=O)Nc1cc(C(F)(F)F)ccc1NCc1ccccc1. The van der Waals surface area contributed by atoms with Crippen LogP contribution in [-0.4, -0.2) is 12.5 Å². The van der Waals surface area contributed by atoms with Gasteiger partial charge in [0.15, 0.2) is 0 Å². The quantitative estimate of drug-likeness (QED) is 0.706. The van der Waals surface area contributed by atoms with E-state index in [0.29, 0.717) is 25.2 Å². The van der Waals surface area contributed by atoms with E-state index in [1.54, 1.807) is 0 Å². The van der Waals surface area contributed by atoms with Crippen molar-refractivity contribution < 1.29 is 18.0 Å². The number of rotatable bonds is 7. The highest BCUT2D eigenvalue weighted by atomic mass is 19.4. The number of benzene rings is 2. The highest BCUT2D eigenvalue weighted by Gasteiger charge is 2.31. The number of alkyl halides is 3. The molecule has 2 aromatic rings. The van der Waals surface area contributed by atoms with Gasteiger partial charge in [0.05, 0.1) is 16.9 Å². The lowest BCUT2D eigenvalue weighted by Gasteiger charge is -2.16. The van der Waals surface area contributed by atoms with Gasteiger partial charge in [-0.2, -0.15) is 13.2 Å². The van der Waals surface area contributed by atoms with Crippen LogP contribution in [0.1, 0.15) is 24.0 Å². The standard InChI is InChI=1S/C18H20F3N3O/c19-18(20,21)14-8-9-15(23-12-13-5-2-1-3-6-13)16(11-14)24-17(25)7-4-10-22/h1-3,5-6,8-9,11,23H,4,7,10,12,22H2,(H,24,25). The second kappa shape index (κ2) is 8.53. The van der Waals surface area contributed by atoms with Gasteiger partial charge in [-0.25, -0.2) is 0 Å². The lowest BCUT2D eigenvalue weighted by molar-refractivity contribution is -0.137. The van der Waals surface area contributed by atoms with Gasteiger partial charge in [-0.05, 0) is 36.7 Å². The van der Waals surface area contributed by atoms with Crippen molar-refractivity contribution in [1.82, 2.24) is 0 Å². The molecule has 0 bridgehead atoms. The highest BCUT2D eigenvalue weighted by Crippen LogP contribution is 2.34. The van der Waals surface area contributed by atoms with Crippen LogP contribution in [0.2, 0.25) is 0 Å². The molecule has 0 atom stereocenters. The van der Waals surface area contributed by atoms with Crippen molar-refractivity contribution in [3.63, 3.8) is 0 Å². The number of nitrogens with one attached hydrogen (secondary N) is 2. The number of hydrogen-bond donors (Lipinski definition) is 3. The van der Waals surface area contributed by atoms with Crippen molar-refractivity contribution in [3.05, 3.63) is 59.7 Å². The fourth-order valence-corrected chi connectivity index (χ4v) is 2.25. The molecule has 0 aliphatic rings. The summed E-state index contributed by atoms with van der Waals surface area (Å²) in [5.41, 5.74) is 6.05. The minimum atomic E-state index is -4.48. The third kappa shape index (κ3) is 5.79. The maximum Gasteiger partial charge on any atom is 0.416 e. The average molecular weight is 351 g/mol. The molecule has 25 heavy (non-hydrogen) atoms. The molecule has 134 valence electrons. The van der Waals surface area contributed by atoms with Crippen molar-refractivity contribution in [2.75, 3.05) is 17.2 Å². The van der Waals surface area contributed by atoms with E-state index in [1.165, 1.54) is 6.07 Å². The number of hydrogen-bond acceptors (Lipinski definition) is 3. The third-order valence-electron chi connectivity index (χ3n) is 3.55. The van der Waals surface area contributed by atoms with E-state index in [1.807, 2.05) is 30.3 Å². The zero-order chi connectivity index (χ0) is 18.3. The summed E-state index contributed by atoms with van der Waals surface area (Å²) in [6, 6.07) is 12.7. The molecule has 0 spiro atoms. The smallest absolute Gasteiger partial charge is 0.379 e. The van der Waals surface area contributed by atoms with E-state index < -0.39 is 11.7 Å². The molecule has 0 saturated heterocycles. The first-order valence-corrected chi connectivity index (χ1v) is 7.89. The minimum absolute atomic E-state index is 0.104. The fraction of sp³-hybridized carbons (Fsp3) is 0.278. The van der Waals surface area contributed by atoms with Crippen molar-refractivity contribution in [2.45, 2.75) is 25.6 Å². The predicted molar refractivity (Wildman–Crippen MR) is 92.1 cm³/mol. The van der Waals surface area contributed by atoms with E-state index in [0.717, 1.165) is 17.7 Å². The van der Waals surface area contributed by atoms with Crippen LogP contribution in [0.5, 0.6) is 0 Å². The van der Waals surface area contributed by atoms with Crippen LogP contribution in [0.25, 0.3) is 0 Å². The summed E-state index contributed by atoms with van der Waals surface area (Å²) in [6.45, 7) is 0.771. The Kier molecular flexibility index (Phi) is 6.41. The van der Waals surface area contributed by atoms with Gasteiger partial charge in [0.1, 0.15) is 0 Å². The Labute approximate surface area is 144 Å². The Morgan fingerprint density at radius 1 is 1.04 bits per heavy atom. The summed E-state index contributed by atoms with van der Waals surface area (Å²) >= 11 is 0. The second-order valence-electron chi connectivity index (χ2n) is 5.54. The van der Waals surface area contributed by atoms with Gasteiger partial charge in [-0.3, -0.25) is 4.79 Å². The molecular weight excluding hydrogens is 331 g/mol. The van der Waals surface area contributed by atoms with E-state index in [4.69, 9.17) is 5.73 Å². The van der Waals surface area contributed by atoms with E-state index >= 15 is 0 Å². The molecule has 0 fully saturated rings. The largest absolute Gasteiger partial charge is 0.416 e. The van der Waals surface area contributed by atoms with Crippen LogP contribution in [0.4, 0.5) is 24.5 Å². The van der Waals surface area contributed by atoms with Crippen LogP contribution < -0.4 is 16.4 Å². The monoisotopic (exact) mass is 351 g/mol. The molecule has 2 rings (SSSR count). The van der Waals surface area contributed by atoms with Crippen LogP contribution in [0, 0.1) is 0 Å². The molecular formula is C18H20F3N3O. The van der Waals surface area contributed by atoms with Gasteiger partial charge in [-0.15, -0.1) is 0 Å². The Balaban J connectivity index is 2.19. The zero-order valence-electron chi connectivity index (χ0n) is 13.6. The van der Waals surface area contributed by atoms with Gasteiger partial charge in [0.2, 0.25) is 5.91 Å². The van der Waals surface area contributed by atoms with Gasteiger partial charge in [0, 0.05) is 13.0 Å². The summed E-state index contributed by atoms with van der Waals surface area (Å²) in [6.07, 6.45) is -3.85. The maximum absolute atomic E-state index is 12.9. The molecule has 1 amide bonds. The van der Waals surface area contributed by atoms with Crippen LogP contribution in [-0.2, 0) is 17.5 Å². The Morgan fingerprint density at radius 2 is 1.76 bits per heavy atom. The highest BCUT2D eigenvalue weighted by molar-refractivity contribution is 5.94. The maximum atomic E-state index is 12.9. The van der Waals surface area contributed by atoms with Gasteiger partial charge in [0.25, 0.3) is 0 Å². The van der Waals surface area contributed by atoms with Crippen LogP contribution >= 0.6 is 0 Å². The van der Waals surface area contributed by atoms with Crippen LogP contribution in [0.15, 0.2) is 48.5 Å². The lowest BCUT2D eigenvalue weighted by atomic mass is 10.1. The number of anilines is 2. The molecule has 7 heteroatoms. The van der Waals surface area contributed by atoms with Crippen molar-refractivity contribution in [2.24, 2.45) is 5.73 Å². The minimum Gasteiger partial charge on any atom is -0.379 e. The number of amides is 1. The molecule has 0 radical (unpaired) electrons. The summed E-state index contributed by atoms with van der Waals surface area (Å²) in [7, 11) is 0. The summed E-state index contributed by atoms with van der Waals surface area (Å²) in [5, 5.41) is 5.60. The Bertz CT molecular complexity index is 702. The predicted octanol–water partition coefficient (Wildman–Crippen LogP) is 3.99. The van der Waals surface area contributed by atoms with E-state index in [-0.39, 0.29) is 18.0 Å². The Morgan fingerprint density at radius 3 is 2.40 bits per heavy atom. The molecule has 4 nitrogen and oxygen atoms in total. The summed E-state index contributed by atoms with van der Waals surface area (Å²) in [5.74, 6) is -0.368. The molecule has 0 aliphatic carbocycles. The number of nitrogens with two attached hydrogens (primary N) is 1. The topological polar surface area (TPSA) is 67.2 Å². The second-order valence-corrected chi connectivity index (χ2v) is 5.54. The first-order chi connectivity index (χ1) is 11.9.